The molecule has 0 N–H and O–H groups in total. The van der Waals surface area contributed by atoms with Crippen LogP contribution in [0.3, 0.4) is 0 Å². The van der Waals surface area contributed by atoms with Crippen molar-refractivity contribution in [2.45, 2.75) is 19.8 Å². The number of carbonyl (C=O) groups excluding carboxylic acids is 1. The van der Waals surface area contributed by atoms with E-state index in [2.05, 4.69) is 4.52 Å². The molecular formula is C5H11O2P. The molecule has 0 heterocycles. The van der Waals surface area contributed by atoms with E-state index in [-0.39, 0.29) is 5.97 Å². The maximum Gasteiger partial charge on any atom is 0.308 e. The summed E-state index contributed by atoms with van der Waals surface area (Å²) in [5, 5.41) is 0. The molecule has 8 heavy (non-hydrogen) atoms. The first-order chi connectivity index (χ1) is 3.81. The maximum atomic E-state index is 10.4. The van der Waals surface area contributed by atoms with Crippen molar-refractivity contribution in [2.75, 3.05) is 6.66 Å². The highest BCUT2D eigenvalue weighted by Gasteiger charge is 1.95. The third kappa shape index (κ3) is 4.07. The van der Waals surface area contributed by atoms with Crippen LogP contribution in [-0.4, -0.2) is 12.6 Å². The van der Waals surface area contributed by atoms with Crippen LogP contribution < -0.4 is 0 Å². The van der Waals surface area contributed by atoms with Gasteiger partial charge in [-0.25, -0.2) is 0 Å². The summed E-state index contributed by atoms with van der Waals surface area (Å²) < 4.78 is 4.67. The summed E-state index contributed by atoms with van der Waals surface area (Å²) in [7, 11) is 0.298. The van der Waals surface area contributed by atoms with E-state index >= 15 is 0 Å². The van der Waals surface area contributed by atoms with Crippen molar-refractivity contribution in [3.05, 3.63) is 0 Å². The zero-order valence-electron chi connectivity index (χ0n) is 5.23. The van der Waals surface area contributed by atoms with Gasteiger partial charge < -0.3 is 4.52 Å². The molecule has 0 fully saturated rings. The highest BCUT2D eigenvalue weighted by molar-refractivity contribution is 7.31. The third-order valence-electron chi connectivity index (χ3n) is 0.670. The Balaban J connectivity index is 3.06. The lowest BCUT2D eigenvalue weighted by Crippen LogP contribution is -1.94. The van der Waals surface area contributed by atoms with Gasteiger partial charge in [-0.3, -0.25) is 4.79 Å². The first-order valence-electron chi connectivity index (χ1n) is 2.67. The number of hydrogen-bond donors (Lipinski definition) is 0. The fraction of sp³-hybridized carbons (Fsp3) is 0.800. The Morgan fingerprint density at radius 2 is 2.38 bits per heavy atom. The molecule has 0 radical (unpaired) electrons. The van der Waals surface area contributed by atoms with Gasteiger partial charge >= 0.3 is 5.97 Å². The minimum Gasteiger partial charge on any atom is -0.449 e. The summed E-state index contributed by atoms with van der Waals surface area (Å²) in [6, 6.07) is 0. The van der Waals surface area contributed by atoms with Gasteiger partial charge in [-0.05, 0) is 13.1 Å². The van der Waals surface area contributed by atoms with Gasteiger partial charge in [-0.2, -0.15) is 0 Å². The number of rotatable bonds is 3. The molecule has 0 aromatic carbocycles. The van der Waals surface area contributed by atoms with Crippen LogP contribution in [0, 0.1) is 0 Å². The summed E-state index contributed by atoms with van der Waals surface area (Å²) in [5.41, 5.74) is 0. The topological polar surface area (TPSA) is 26.3 Å². The van der Waals surface area contributed by atoms with E-state index in [0.29, 0.717) is 15.2 Å². The average molecular weight is 134 g/mol. The highest BCUT2D eigenvalue weighted by Crippen LogP contribution is 2.06. The van der Waals surface area contributed by atoms with Crippen LogP contribution in [0.5, 0.6) is 0 Å². The van der Waals surface area contributed by atoms with Crippen molar-refractivity contribution in [3.8, 4) is 0 Å². The van der Waals surface area contributed by atoms with Gasteiger partial charge in [0.25, 0.3) is 0 Å². The van der Waals surface area contributed by atoms with Crippen LogP contribution in [0.1, 0.15) is 19.8 Å². The van der Waals surface area contributed by atoms with Crippen molar-refractivity contribution in [2.24, 2.45) is 0 Å². The SMILES string of the molecule is CCCC(=O)OPC. The molecule has 2 nitrogen and oxygen atoms in total. The first kappa shape index (κ1) is 7.90. The quantitative estimate of drug-likeness (QED) is 0.547. The molecule has 0 bridgehead atoms. The van der Waals surface area contributed by atoms with Crippen LogP contribution >= 0.6 is 8.81 Å². The Kier molecular flexibility index (Phi) is 4.98. The van der Waals surface area contributed by atoms with Gasteiger partial charge in [0.05, 0.1) is 8.81 Å². The zero-order valence-corrected chi connectivity index (χ0v) is 6.23. The molecule has 0 aliphatic rings. The fourth-order valence-corrected chi connectivity index (χ4v) is 0.699. The second-order valence-corrected chi connectivity index (χ2v) is 2.04. The Labute approximate surface area is 51.5 Å². The second-order valence-electron chi connectivity index (χ2n) is 1.43. The van der Waals surface area contributed by atoms with Gasteiger partial charge in [-0.1, -0.05) is 6.92 Å². The van der Waals surface area contributed by atoms with Crippen LogP contribution in [0.2, 0.25) is 0 Å². The standard InChI is InChI=1S/C5H11O2P/c1-3-4-5(6)7-8-2/h8H,3-4H2,1-2H3. The molecule has 1 atom stereocenters. The maximum absolute atomic E-state index is 10.4. The molecule has 48 valence electrons. The summed E-state index contributed by atoms with van der Waals surface area (Å²) in [6.07, 6.45) is 1.43. The van der Waals surface area contributed by atoms with Crippen molar-refractivity contribution in [1.82, 2.24) is 0 Å². The average Bonchev–Trinajstić information content (AvgIpc) is 1.68. The van der Waals surface area contributed by atoms with Crippen molar-refractivity contribution >= 4 is 14.8 Å². The molecule has 0 amide bonds. The minimum atomic E-state index is -0.0756. The van der Waals surface area contributed by atoms with Crippen molar-refractivity contribution in [1.29, 1.82) is 0 Å². The van der Waals surface area contributed by atoms with Gasteiger partial charge in [0.2, 0.25) is 0 Å². The molecule has 0 rings (SSSR count). The molecule has 0 saturated heterocycles. The van der Waals surface area contributed by atoms with E-state index in [1.165, 1.54) is 0 Å². The van der Waals surface area contributed by atoms with Gasteiger partial charge in [0.1, 0.15) is 0 Å². The first-order valence-corrected chi connectivity index (χ1v) is 4.08. The van der Waals surface area contributed by atoms with Gasteiger partial charge in [0, 0.05) is 6.42 Å². The number of hydrogen-bond acceptors (Lipinski definition) is 2. The molecular weight excluding hydrogens is 123 g/mol. The highest BCUT2D eigenvalue weighted by atomic mass is 31.1. The minimum absolute atomic E-state index is 0.0756. The molecule has 0 aliphatic heterocycles. The lowest BCUT2D eigenvalue weighted by molar-refractivity contribution is -0.133. The van der Waals surface area contributed by atoms with Crippen LogP contribution in [0.4, 0.5) is 0 Å². The lowest BCUT2D eigenvalue weighted by Gasteiger charge is -1.95. The monoisotopic (exact) mass is 134 g/mol. The Morgan fingerprint density at radius 1 is 1.75 bits per heavy atom. The Morgan fingerprint density at radius 3 is 2.75 bits per heavy atom. The third-order valence-corrected chi connectivity index (χ3v) is 1.10. The smallest absolute Gasteiger partial charge is 0.308 e. The molecule has 1 unspecified atom stereocenters. The van der Waals surface area contributed by atoms with Crippen molar-refractivity contribution in [3.63, 3.8) is 0 Å². The van der Waals surface area contributed by atoms with E-state index in [4.69, 9.17) is 0 Å². The second kappa shape index (κ2) is 5.04. The zero-order chi connectivity index (χ0) is 6.41. The van der Waals surface area contributed by atoms with E-state index in [1.54, 1.807) is 0 Å². The Bertz CT molecular complexity index is 64.8. The molecule has 0 aromatic heterocycles. The fourth-order valence-electron chi connectivity index (χ4n) is 0.369. The van der Waals surface area contributed by atoms with E-state index in [0.717, 1.165) is 6.42 Å². The summed E-state index contributed by atoms with van der Waals surface area (Å²) in [5.74, 6) is -0.0756. The van der Waals surface area contributed by atoms with Crippen molar-refractivity contribution < 1.29 is 9.32 Å². The molecule has 3 heteroatoms. The molecule has 0 saturated carbocycles. The predicted octanol–water partition coefficient (Wildman–Crippen LogP) is 1.55. The Hall–Kier alpha value is -0.100. The summed E-state index contributed by atoms with van der Waals surface area (Å²) in [4.78, 5) is 10.4. The normalized spacial score (nSPS) is 10.2. The number of carbonyl (C=O) groups is 1. The van der Waals surface area contributed by atoms with Crippen LogP contribution in [-0.2, 0) is 9.32 Å². The molecule has 0 aliphatic carbocycles. The lowest BCUT2D eigenvalue weighted by atomic mass is 10.4. The molecule has 0 aromatic rings. The summed E-state index contributed by atoms with van der Waals surface area (Å²) in [6.45, 7) is 3.80. The van der Waals surface area contributed by atoms with E-state index < -0.39 is 0 Å². The predicted molar refractivity (Wildman–Crippen MR) is 35.2 cm³/mol. The van der Waals surface area contributed by atoms with Gasteiger partial charge in [0.15, 0.2) is 0 Å². The van der Waals surface area contributed by atoms with E-state index in [9.17, 15) is 4.79 Å². The molecule has 0 spiro atoms. The van der Waals surface area contributed by atoms with Gasteiger partial charge in [-0.15, -0.1) is 0 Å². The van der Waals surface area contributed by atoms with E-state index in [1.807, 2.05) is 13.6 Å². The van der Waals surface area contributed by atoms with Crippen LogP contribution in [0.15, 0.2) is 0 Å². The van der Waals surface area contributed by atoms with Crippen LogP contribution in [0.25, 0.3) is 0 Å². The summed E-state index contributed by atoms with van der Waals surface area (Å²) >= 11 is 0. The largest absolute Gasteiger partial charge is 0.449 e.